The fourth-order valence-electron chi connectivity index (χ4n) is 3.47. The first-order valence-electron chi connectivity index (χ1n) is 8.41. The summed E-state index contributed by atoms with van der Waals surface area (Å²) in [5.74, 6) is 1.46. The summed E-state index contributed by atoms with van der Waals surface area (Å²) in [6.07, 6.45) is 5.54. The highest BCUT2D eigenvalue weighted by Crippen LogP contribution is 2.26. The summed E-state index contributed by atoms with van der Waals surface area (Å²) in [7, 11) is -3.08. The molecular formula is C17H26N2O3S. The van der Waals surface area contributed by atoms with Crippen LogP contribution in [0.5, 0.6) is 5.75 Å². The molecule has 1 fully saturated rings. The van der Waals surface area contributed by atoms with Crippen molar-refractivity contribution in [1.82, 2.24) is 9.62 Å². The molecule has 0 amide bonds. The van der Waals surface area contributed by atoms with Gasteiger partial charge in [0.2, 0.25) is 10.0 Å². The number of nitrogens with zero attached hydrogens (tertiary/aromatic N) is 1. The maximum Gasteiger partial charge on any atom is 0.208 e. The van der Waals surface area contributed by atoms with Crippen LogP contribution in [0.4, 0.5) is 0 Å². The van der Waals surface area contributed by atoms with Gasteiger partial charge in [0.05, 0.1) is 12.9 Å². The van der Waals surface area contributed by atoms with Crippen LogP contribution in [0.3, 0.4) is 0 Å². The van der Waals surface area contributed by atoms with Gasteiger partial charge in [-0.2, -0.15) is 0 Å². The molecule has 0 unspecified atom stereocenters. The number of fused-ring (bicyclic) bond motifs is 1. The molecule has 0 aliphatic carbocycles. The van der Waals surface area contributed by atoms with E-state index in [1.807, 2.05) is 0 Å². The molecule has 0 bridgehead atoms. The third-order valence-corrected chi connectivity index (χ3v) is 5.40. The molecule has 0 spiro atoms. The van der Waals surface area contributed by atoms with E-state index in [0.29, 0.717) is 12.5 Å². The van der Waals surface area contributed by atoms with E-state index in [2.05, 4.69) is 27.8 Å². The average Bonchev–Trinajstić information content (AvgIpc) is 2.98. The predicted molar refractivity (Wildman–Crippen MR) is 91.4 cm³/mol. The predicted octanol–water partition coefficient (Wildman–Crippen LogP) is 1.43. The van der Waals surface area contributed by atoms with E-state index in [4.69, 9.17) is 4.74 Å². The van der Waals surface area contributed by atoms with E-state index in [9.17, 15) is 8.42 Å². The molecule has 1 atom stereocenters. The van der Waals surface area contributed by atoms with Gasteiger partial charge < -0.3 is 9.64 Å². The van der Waals surface area contributed by atoms with Gasteiger partial charge in [-0.05, 0) is 48.9 Å². The molecule has 2 aliphatic heterocycles. The molecule has 0 aromatic heterocycles. The first-order valence-corrected chi connectivity index (χ1v) is 10.3. The average molecular weight is 338 g/mol. The van der Waals surface area contributed by atoms with Gasteiger partial charge in [-0.25, -0.2) is 13.1 Å². The number of hydrogen-bond donors (Lipinski definition) is 1. The number of nitrogens with one attached hydrogen (secondary N) is 1. The zero-order chi connectivity index (χ0) is 16.3. The van der Waals surface area contributed by atoms with Crippen molar-refractivity contribution in [3.63, 3.8) is 0 Å². The molecule has 1 N–H and O–H groups in total. The molecule has 1 aromatic rings. The Bertz CT molecular complexity index is 645. The highest BCUT2D eigenvalue weighted by Gasteiger charge is 2.20. The molecule has 1 saturated heterocycles. The Labute approximate surface area is 139 Å². The normalized spacial score (nSPS) is 21.9. The van der Waals surface area contributed by atoms with Crippen molar-refractivity contribution in [1.29, 1.82) is 0 Å². The standard InChI is InChI=1S/C17H26N2O3S/c1-23(20,21)18-12-15-3-2-8-19(13-15)9-6-14-4-5-17-16(11-14)7-10-22-17/h4-5,11,15,18H,2-3,6-10,12-13H2,1H3/t15-/m1/s1. The number of rotatable bonds is 6. The van der Waals surface area contributed by atoms with Crippen molar-refractivity contribution < 1.29 is 13.2 Å². The quantitative estimate of drug-likeness (QED) is 0.852. The molecule has 23 heavy (non-hydrogen) atoms. The third-order valence-electron chi connectivity index (χ3n) is 4.71. The van der Waals surface area contributed by atoms with Gasteiger partial charge in [0.25, 0.3) is 0 Å². The topological polar surface area (TPSA) is 58.6 Å². The van der Waals surface area contributed by atoms with Gasteiger partial charge >= 0.3 is 0 Å². The number of hydrogen-bond acceptors (Lipinski definition) is 4. The second-order valence-corrected chi connectivity index (χ2v) is 8.55. The molecule has 2 heterocycles. The van der Waals surface area contributed by atoms with Crippen LogP contribution in [0.25, 0.3) is 0 Å². The van der Waals surface area contributed by atoms with Crippen LogP contribution in [-0.2, 0) is 22.9 Å². The lowest BCUT2D eigenvalue weighted by molar-refractivity contribution is 0.178. The SMILES string of the molecule is CS(=O)(=O)NC[C@H]1CCCN(CCc2ccc3c(c2)CCO3)C1. The summed E-state index contributed by atoms with van der Waals surface area (Å²) in [6.45, 7) is 4.50. The van der Waals surface area contributed by atoms with Crippen molar-refractivity contribution >= 4 is 10.0 Å². The van der Waals surface area contributed by atoms with Crippen LogP contribution in [-0.4, -0.2) is 52.4 Å². The summed E-state index contributed by atoms with van der Waals surface area (Å²) in [6, 6.07) is 6.53. The summed E-state index contributed by atoms with van der Waals surface area (Å²) >= 11 is 0. The number of sulfonamides is 1. The Morgan fingerprint density at radius 1 is 1.39 bits per heavy atom. The Morgan fingerprint density at radius 3 is 3.09 bits per heavy atom. The van der Waals surface area contributed by atoms with Crippen LogP contribution >= 0.6 is 0 Å². The van der Waals surface area contributed by atoms with Crippen molar-refractivity contribution in [3.05, 3.63) is 29.3 Å². The van der Waals surface area contributed by atoms with Crippen LogP contribution in [0, 0.1) is 5.92 Å². The van der Waals surface area contributed by atoms with Crippen LogP contribution < -0.4 is 9.46 Å². The number of piperidine rings is 1. The number of benzene rings is 1. The molecule has 128 valence electrons. The van der Waals surface area contributed by atoms with E-state index in [1.54, 1.807) is 0 Å². The monoisotopic (exact) mass is 338 g/mol. The van der Waals surface area contributed by atoms with Gasteiger partial charge in [-0.3, -0.25) is 0 Å². The first-order chi connectivity index (χ1) is 11.0. The summed E-state index contributed by atoms with van der Waals surface area (Å²) in [5, 5.41) is 0. The fraction of sp³-hybridized carbons (Fsp3) is 0.647. The smallest absolute Gasteiger partial charge is 0.208 e. The van der Waals surface area contributed by atoms with Crippen LogP contribution in [0.1, 0.15) is 24.0 Å². The summed E-state index contributed by atoms with van der Waals surface area (Å²) in [4.78, 5) is 2.46. The highest BCUT2D eigenvalue weighted by molar-refractivity contribution is 7.88. The minimum atomic E-state index is -3.08. The van der Waals surface area contributed by atoms with E-state index in [1.165, 1.54) is 17.4 Å². The molecular weight excluding hydrogens is 312 g/mol. The Hall–Kier alpha value is -1.11. The Kier molecular flexibility index (Phi) is 5.24. The molecule has 3 rings (SSSR count). The van der Waals surface area contributed by atoms with E-state index >= 15 is 0 Å². The van der Waals surface area contributed by atoms with Gasteiger partial charge in [0.1, 0.15) is 5.75 Å². The van der Waals surface area contributed by atoms with E-state index in [-0.39, 0.29) is 0 Å². The van der Waals surface area contributed by atoms with Crippen molar-refractivity contribution in [2.75, 3.05) is 39.0 Å². The molecule has 1 aromatic carbocycles. The lowest BCUT2D eigenvalue weighted by Gasteiger charge is -2.32. The summed E-state index contributed by atoms with van der Waals surface area (Å²) < 4.78 is 30.6. The van der Waals surface area contributed by atoms with E-state index in [0.717, 1.165) is 57.7 Å². The second-order valence-electron chi connectivity index (χ2n) is 6.72. The summed E-state index contributed by atoms with van der Waals surface area (Å²) in [5.41, 5.74) is 2.70. The zero-order valence-corrected chi connectivity index (χ0v) is 14.6. The van der Waals surface area contributed by atoms with Crippen LogP contribution in [0.2, 0.25) is 0 Å². The maximum absolute atomic E-state index is 11.2. The van der Waals surface area contributed by atoms with Gasteiger partial charge in [-0.1, -0.05) is 12.1 Å². The molecule has 0 saturated carbocycles. The largest absolute Gasteiger partial charge is 0.493 e. The second kappa shape index (κ2) is 7.20. The van der Waals surface area contributed by atoms with Crippen molar-refractivity contribution in [2.45, 2.75) is 25.7 Å². The lowest BCUT2D eigenvalue weighted by atomic mass is 9.97. The van der Waals surface area contributed by atoms with Crippen LogP contribution in [0.15, 0.2) is 18.2 Å². The lowest BCUT2D eigenvalue weighted by Crippen LogP contribution is -2.41. The van der Waals surface area contributed by atoms with Crippen molar-refractivity contribution in [3.8, 4) is 5.75 Å². The van der Waals surface area contributed by atoms with Gasteiger partial charge in [0.15, 0.2) is 0 Å². The van der Waals surface area contributed by atoms with Gasteiger partial charge in [-0.15, -0.1) is 0 Å². The van der Waals surface area contributed by atoms with Gasteiger partial charge in [0, 0.05) is 26.1 Å². The van der Waals surface area contributed by atoms with E-state index < -0.39 is 10.0 Å². The Balaban J connectivity index is 1.48. The molecule has 6 heteroatoms. The number of likely N-dealkylation sites (tertiary alicyclic amines) is 1. The zero-order valence-electron chi connectivity index (χ0n) is 13.8. The molecule has 0 radical (unpaired) electrons. The minimum Gasteiger partial charge on any atom is -0.493 e. The minimum absolute atomic E-state index is 0.423. The first kappa shape index (κ1) is 16.7. The molecule has 5 nitrogen and oxygen atoms in total. The third kappa shape index (κ3) is 4.93. The molecule has 2 aliphatic rings. The highest BCUT2D eigenvalue weighted by atomic mass is 32.2. The Morgan fingerprint density at radius 2 is 2.26 bits per heavy atom. The fourth-order valence-corrected chi connectivity index (χ4v) is 4.01. The van der Waals surface area contributed by atoms with Crippen molar-refractivity contribution in [2.24, 2.45) is 5.92 Å². The maximum atomic E-state index is 11.2. The number of ether oxygens (including phenoxy) is 1.